The Balaban J connectivity index is 1.59. The van der Waals surface area contributed by atoms with Crippen molar-refractivity contribution in [2.75, 3.05) is 5.32 Å². The standard InChI is InChI=1S/C19H18N4OS2/c1-2-17-21-22-19(26-17)20-18(24)15-12-16-14(9-11-25-16)23(15)10-8-13-6-4-3-5-7-13/h3-7,9,11-12H,2,8,10H2,1H3,(H,20,22,24). The fraction of sp³-hybridized carbons (Fsp3) is 0.211. The zero-order chi connectivity index (χ0) is 17.9. The van der Waals surface area contributed by atoms with E-state index in [2.05, 4.69) is 43.7 Å². The maximum Gasteiger partial charge on any atom is 0.274 e. The van der Waals surface area contributed by atoms with E-state index in [1.807, 2.05) is 31.2 Å². The number of carbonyl (C=O) groups is 1. The fourth-order valence-corrected chi connectivity index (χ4v) is 4.40. The van der Waals surface area contributed by atoms with Gasteiger partial charge in [0, 0.05) is 6.54 Å². The second-order valence-electron chi connectivity index (χ2n) is 5.90. The number of nitrogens with one attached hydrogen (secondary N) is 1. The minimum Gasteiger partial charge on any atom is -0.335 e. The summed E-state index contributed by atoms with van der Waals surface area (Å²) < 4.78 is 3.21. The lowest BCUT2D eigenvalue weighted by Crippen LogP contribution is -2.17. The summed E-state index contributed by atoms with van der Waals surface area (Å²) in [6.07, 6.45) is 1.69. The number of nitrogens with zero attached hydrogens (tertiary/aromatic N) is 3. The maximum absolute atomic E-state index is 12.8. The number of hydrogen-bond acceptors (Lipinski definition) is 5. The highest BCUT2D eigenvalue weighted by molar-refractivity contribution is 7.17. The second kappa shape index (κ2) is 7.39. The molecule has 0 aliphatic rings. The molecule has 4 rings (SSSR count). The Bertz CT molecular complexity index is 1030. The lowest BCUT2D eigenvalue weighted by molar-refractivity contribution is 0.101. The molecular formula is C19H18N4OS2. The van der Waals surface area contributed by atoms with Gasteiger partial charge in [-0.3, -0.25) is 10.1 Å². The molecule has 132 valence electrons. The molecule has 0 bridgehead atoms. The van der Waals surface area contributed by atoms with Gasteiger partial charge in [-0.25, -0.2) is 0 Å². The van der Waals surface area contributed by atoms with Gasteiger partial charge in [0.05, 0.1) is 10.2 Å². The van der Waals surface area contributed by atoms with Crippen LogP contribution in [0, 0.1) is 0 Å². The van der Waals surface area contributed by atoms with E-state index in [1.165, 1.54) is 16.9 Å². The van der Waals surface area contributed by atoms with Crippen molar-refractivity contribution in [3.8, 4) is 0 Å². The molecule has 0 unspecified atom stereocenters. The van der Waals surface area contributed by atoms with Crippen LogP contribution in [-0.4, -0.2) is 20.7 Å². The largest absolute Gasteiger partial charge is 0.335 e. The van der Waals surface area contributed by atoms with E-state index in [9.17, 15) is 4.79 Å². The van der Waals surface area contributed by atoms with Crippen LogP contribution < -0.4 is 5.32 Å². The first-order chi connectivity index (χ1) is 12.7. The highest BCUT2D eigenvalue weighted by Gasteiger charge is 2.18. The molecule has 1 N–H and O–H groups in total. The number of benzene rings is 1. The van der Waals surface area contributed by atoms with Crippen LogP contribution >= 0.6 is 22.7 Å². The molecule has 0 saturated heterocycles. The van der Waals surface area contributed by atoms with E-state index >= 15 is 0 Å². The lowest BCUT2D eigenvalue weighted by atomic mass is 10.1. The van der Waals surface area contributed by atoms with Gasteiger partial charge in [-0.05, 0) is 35.9 Å². The smallest absolute Gasteiger partial charge is 0.274 e. The van der Waals surface area contributed by atoms with Crippen molar-refractivity contribution < 1.29 is 4.79 Å². The Morgan fingerprint density at radius 2 is 2.04 bits per heavy atom. The summed E-state index contributed by atoms with van der Waals surface area (Å²) in [5, 5.41) is 14.5. The quantitative estimate of drug-likeness (QED) is 0.530. The normalized spacial score (nSPS) is 11.1. The number of carbonyl (C=O) groups excluding carboxylic acids is 1. The summed E-state index contributed by atoms with van der Waals surface area (Å²) in [5.41, 5.74) is 3.02. The van der Waals surface area contributed by atoms with Crippen molar-refractivity contribution in [3.05, 3.63) is 64.1 Å². The minimum absolute atomic E-state index is 0.139. The van der Waals surface area contributed by atoms with Crippen molar-refractivity contribution in [1.29, 1.82) is 0 Å². The number of hydrogen-bond donors (Lipinski definition) is 1. The summed E-state index contributed by atoms with van der Waals surface area (Å²) in [5.74, 6) is -0.139. The van der Waals surface area contributed by atoms with Gasteiger partial charge in [-0.1, -0.05) is 48.6 Å². The van der Waals surface area contributed by atoms with E-state index < -0.39 is 0 Å². The van der Waals surface area contributed by atoms with Crippen molar-refractivity contribution >= 4 is 43.9 Å². The molecule has 0 saturated carbocycles. The average molecular weight is 383 g/mol. The summed E-state index contributed by atoms with van der Waals surface area (Å²) in [6, 6.07) is 14.4. The average Bonchev–Trinajstić information content (AvgIpc) is 3.37. The predicted octanol–water partition coefficient (Wildman–Crippen LogP) is 4.61. The molecule has 0 atom stereocenters. The molecule has 3 heterocycles. The summed E-state index contributed by atoms with van der Waals surface area (Å²) in [7, 11) is 0. The van der Waals surface area contributed by atoms with Crippen LogP contribution in [0.2, 0.25) is 0 Å². The van der Waals surface area contributed by atoms with Gasteiger partial charge in [-0.15, -0.1) is 21.5 Å². The summed E-state index contributed by atoms with van der Waals surface area (Å²) in [4.78, 5) is 12.8. The molecule has 4 aromatic rings. The molecule has 0 radical (unpaired) electrons. The monoisotopic (exact) mass is 382 g/mol. The number of aromatic nitrogens is 3. The van der Waals surface area contributed by atoms with Gasteiger partial charge in [-0.2, -0.15) is 0 Å². The van der Waals surface area contributed by atoms with Crippen molar-refractivity contribution in [2.45, 2.75) is 26.3 Å². The van der Waals surface area contributed by atoms with Crippen LogP contribution in [0.3, 0.4) is 0 Å². The van der Waals surface area contributed by atoms with Gasteiger partial charge in [0.1, 0.15) is 10.7 Å². The van der Waals surface area contributed by atoms with Crippen LogP contribution in [0.1, 0.15) is 28.0 Å². The Morgan fingerprint density at radius 3 is 2.81 bits per heavy atom. The van der Waals surface area contributed by atoms with E-state index in [0.29, 0.717) is 10.8 Å². The fourth-order valence-electron chi connectivity index (χ4n) is 2.90. The molecule has 0 aliphatic carbocycles. The van der Waals surface area contributed by atoms with Crippen molar-refractivity contribution in [3.63, 3.8) is 0 Å². The van der Waals surface area contributed by atoms with Crippen molar-refractivity contribution in [1.82, 2.24) is 14.8 Å². The number of rotatable bonds is 6. The van der Waals surface area contributed by atoms with E-state index in [1.54, 1.807) is 11.3 Å². The Kier molecular flexibility index (Phi) is 4.81. The van der Waals surface area contributed by atoms with Gasteiger partial charge < -0.3 is 4.57 Å². The minimum atomic E-state index is -0.139. The Labute approximate surface area is 159 Å². The predicted molar refractivity (Wildman–Crippen MR) is 107 cm³/mol. The zero-order valence-corrected chi connectivity index (χ0v) is 15.9. The van der Waals surface area contributed by atoms with E-state index in [-0.39, 0.29) is 5.91 Å². The topological polar surface area (TPSA) is 59.8 Å². The van der Waals surface area contributed by atoms with E-state index in [0.717, 1.165) is 34.6 Å². The van der Waals surface area contributed by atoms with Crippen LogP contribution in [-0.2, 0) is 19.4 Å². The van der Waals surface area contributed by atoms with Crippen LogP contribution in [0.5, 0.6) is 0 Å². The Hall–Kier alpha value is -2.51. The first kappa shape index (κ1) is 16.9. The van der Waals surface area contributed by atoms with E-state index in [4.69, 9.17) is 0 Å². The highest BCUT2D eigenvalue weighted by atomic mass is 32.1. The van der Waals surface area contributed by atoms with Crippen LogP contribution in [0.15, 0.2) is 47.8 Å². The maximum atomic E-state index is 12.8. The van der Waals surface area contributed by atoms with Gasteiger partial charge >= 0.3 is 0 Å². The van der Waals surface area contributed by atoms with Crippen LogP contribution in [0.4, 0.5) is 5.13 Å². The van der Waals surface area contributed by atoms with Gasteiger partial charge in [0.25, 0.3) is 5.91 Å². The van der Waals surface area contributed by atoms with Gasteiger partial charge in [0.2, 0.25) is 5.13 Å². The highest BCUT2D eigenvalue weighted by Crippen LogP contribution is 2.27. The molecule has 1 aromatic carbocycles. The number of thiophene rings is 1. The molecule has 26 heavy (non-hydrogen) atoms. The first-order valence-electron chi connectivity index (χ1n) is 8.49. The molecule has 0 aliphatic heterocycles. The zero-order valence-electron chi connectivity index (χ0n) is 14.3. The van der Waals surface area contributed by atoms with Crippen molar-refractivity contribution in [2.24, 2.45) is 0 Å². The third-order valence-electron chi connectivity index (χ3n) is 4.21. The molecule has 0 spiro atoms. The molecule has 1 amide bonds. The summed E-state index contributed by atoms with van der Waals surface area (Å²) in [6.45, 7) is 2.78. The number of anilines is 1. The lowest BCUT2D eigenvalue weighted by Gasteiger charge is -2.10. The second-order valence-corrected chi connectivity index (χ2v) is 7.91. The molecule has 7 heteroatoms. The van der Waals surface area contributed by atoms with Crippen LogP contribution in [0.25, 0.3) is 10.2 Å². The number of amides is 1. The molecule has 3 aromatic heterocycles. The SMILES string of the molecule is CCc1nnc(NC(=O)c2cc3sccc3n2CCc2ccccc2)s1. The number of aryl methyl sites for hydroxylation is 3. The third-order valence-corrected chi connectivity index (χ3v) is 6.05. The molecule has 0 fully saturated rings. The summed E-state index contributed by atoms with van der Waals surface area (Å²) >= 11 is 3.07. The number of fused-ring (bicyclic) bond motifs is 1. The first-order valence-corrected chi connectivity index (χ1v) is 10.2. The molecular weight excluding hydrogens is 364 g/mol. The Morgan fingerprint density at radius 1 is 1.19 bits per heavy atom. The van der Waals surface area contributed by atoms with Gasteiger partial charge in [0.15, 0.2) is 0 Å². The third kappa shape index (κ3) is 3.40. The molecule has 5 nitrogen and oxygen atoms in total.